The molecule has 0 radical (unpaired) electrons. The van der Waals surface area contributed by atoms with Crippen LogP contribution >= 0.6 is 0 Å². The van der Waals surface area contributed by atoms with Crippen LogP contribution in [0.25, 0.3) is 0 Å². The summed E-state index contributed by atoms with van der Waals surface area (Å²) in [6.07, 6.45) is 24.3. The van der Waals surface area contributed by atoms with E-state index in [2.05, 4.69) is 6.92 Å². The highest BCUT2D eigenvalue weighted by Crippen LogP contribution is 2.20. The average molecular weight is 435 g/mol. The number of aliphatic hydroxyl groups excluding tert-OH is 1. The number of piperidine rings is 1. The molecule has 0 spiro atoms. The van der Waals surface area contributed by atoms with Gasteiger partial charge in [-0.15, -0.1) is 0 Å². The third-order valence-electron chi connectivity index (χ3n) is 6.33. The van der Waals surface area contributed by atoms with E-state index in [1.54, 1.807) is 0 Å². The highest BCUT2D eigenvalue weighted by atomic mass is 79.9. The third kappa shape index (κ3) is 13.6. The fourth-order valence-electron chi connectivity index (χ4n) is 4.60. The molecule has 0 atom stereocenters. The van der Waals surface area contributed by atoms with Crippen LogP contribution in [0.1, 0.15) is 116 Å². The van der Waals surface area contributed by atoms with E-state index in [-0.39, 0.29) is 17.0 Å². The van der Waals surface area contributed by atoms with Crippen LogP contribution in [0, 0.1) is 0 Å². The van der Waals surface area contributed by atoms with Crippen molar-refractivity contribution in [3.05, 3.63) is 0 Å². The van der Waals surface area contributed by atoms with Gasteiger partial charge in [0.1, 0.15) is 6.54 Å². The zero-order valence-corrected chi connectivity index (χ0v) is 19.4. The molecule has 1 aliphatic heterocycles. The van der Waals surface area contributed by atoms with Gasteiger partial charge in [-0.2, -0.15) is 0 Å². The predicted molar refractivity (Wildman–Crippen MR) is 111 cm³/mol. The molecule has 0 saturated carbocycles. The third-order valence-corrected chi connectivity index (χ3v) is 6.33. The molecule has 1 heterocycles. The number of hydrogen-bond acceptors (Lipinski definition) is 1. The molecule has 1 N–H and O–H groups in total. The Morgan fingerprint density at radius 1 is 0.577 bits per heavy atom. The van der Waals surface area contributed by atoms with Crippen molar-refractivity contribution in [1.82, 2.24) is 0 Å². The molecular formula is C23H48BrNO. The minimum Gasteiger partial charge on any atom is -1.00 e. The van der Waals surface area contributed by atoms with Crippen LogP contribution in [0.15, 0.2) is 0 Å². The summed E-state index contributed by atoms with van der Waals surface area (Å²) in [7, 11) is 0. The highest BCUT2D eigenvalue weighted by Gasteiger charge is 2.28. The van der Waals surface area contributed by atoms with Gasteiger partial charge in [0.25, 0.3) is 0 Å². The molecule has 0 unspecified atom stereocenters. The van der Waals surface area contributed by atoms with Crippen molar-refractivity contribution in [2.45, 2.75) is 116 Å². The second kappa shape index (κ2) is 18.7. The summed E-state index contributed by atoms with van der Waals surface area (Å²) >= 11 is 0. The van der Waals surface area contributed by atoms with Gasteiger partial charge in [-0.3, -0.25) is 0 Å². The summed E-state index contributed by atoms with van der Waals surface area (Å²) < 4.78 is 1.22. The van der Waals surface area contributed by atoms with E-state index in [9.17, 15) is 5.11 Å². The van der Waals surface area contributed by atoms with Crippen molar-refractivity contribution < 1.29 is 26.6 Å². The Hall–Kier alpha value is 0.400. The van der Waals surface area contributed by atoms with Crippen molar-refractivity contribution in [2.24, 2.45) is 0 Å². The van der Waals surface area contributed by atoms with E-state index in [1.807, 2.05) is 0 Å². The molecule has 0 bridgehead atoms. The maximum Gasteiger partial charge on any atom is 0.102 e. The van der Waals surface area contributed by atoms with E-state index in [0.717, 1.165) is 6.54 Å². The Morgan fingerprint density at radius 2 is 1.00 bits per heavy atom. The Morgan fingerprint density at radius 3 is 1.42 bits per heavy atom. The fourth-order valence-corrected chi connectivity index (χ4v) is 4.60. The number of hydrogen-bond donors (Lipinski definition) is 1. The van der Waals surface area contributed by atoms with Crippen molar-refractivity contribution in [2.75, 3.05) is 32.8 Å². The maximum atomic E-state index is 9.38. The highest BCUT2D eigenvalue weighted by molar-refractivity contribution is 4.56. The molecule has 0 aliphatic carbocycles. The fraction of sp³-hybridized carbons (Fsp3) is 1.00. The Balaban J connectivity index is 0.00000625. The molecule has 1 saturated heterocycles. The van der Waals surface area contributed by atoms with Crippen LogP contribution in [0.5, 0.6) is 0 Å². The minimum absolute atomic E-state index is 0. The van der Waals surface area contributed by atoms with Gasteiger partial charge in [0.15, 0.2) is 0 Å². The van der Waals surface area contributed by atoms with Crippen LogP contribution in [0.2, 0.25) is 0 Å². The molecule has 26 heavy (non-hydrogen) atoms. The lowest BCUT2D eigenvalue weighted by atomic mass is 10.0. The number of likely N-dealkylation sites (tertiary alicyclic amines) is 1. The molecule has 0 aromatic rings. The van der Waals surface area contributed by atoms with E-state index in [1.165, 1.54) is 133 Å². The monoisotopic (exact) mass is 433 g/mol. The molecule has 158 valence electrons. The first-order valence-corrected chi connectivity index (χ1v) is 11.8. The molecule has 2 nitrogen and oxygen atoms in total. The lowest BCUT2D eigenvalue weighted by Crippen LogP contribution is -3.00. The van der Waals surface area contributed by atoms with Crippen LogP contribution in [-0.4, -0.2) is 42.4 Å². The zero-order chi connectivity index (χ0) is 18.1. The molecular weight excluding hydrogens is 386 g/mol. The molecule has 0 aromatic heterocycles. The van der Waals surface area contributed by atoms with E-state index in [4.69, 9.17) is 0 Å². The van der Waals surface area contributed by atoms with Crippen LogP contribution in [0.3, 0.4) is 0 Å². The normalized spacial score (nSPS) is 16.4. The Labute approximate surface area is 175 Å². The summed E-state index contributed by atoms with van der Waals surface area (Å²) in [5.41, 5.74) is 0. The molecule has 1 rings (SSSR count). The second-order valence-electron chi connectivity index (χ2n) is 8.62. The minimum atomic E-state index is 0. The van der Waals surface area contributed by atoms with Crippen LogP contribution in [-0.2, 0) is 0 Å². The number of rotatable bonds is 17. The van der Waals surface area contributed by atoms with Crippen molar-refractivity contribution in [1.29, 1.82) is 0 Å². The summed E-state index contributed by atoms with van der Waals surface area (Å²) in [4.78, 5) is 0. The largest absolute Gasteiger partial charge is 1.00 e. The SMILES string of the molecule is CCCCCCCCCCCCCCCC[N+]1(CCO)CCCCC1.[Br-]. The smallest absolute Gasteiger partial charge is 0.102 e. The van der Waals surface area contributed by atoms with E-state index in [0.29, 0.717) is 6.61 Å². The summed E-state index contributed by atoms with van der Waals surface area (Å²) in [6.45, 7) is 7.62. The maximum absolute atomic E-state index is 9.38. The topological polar surface area (TPSA) is 20.2 Å². The first-order chi connectivity index (χ1) is 12.3. The van der Waals surface area contributed by atoms with Gasteiger partial charge >= 0.3 is 0 Å². The lowest BCUT2D eigenvalue weighted by molar-refractivity contribution is -0.932. The number of nitrogens with zero attached hydrogens (tertiary/aromatic N) is 1. The number of quaternary nitrogens is 1. The van der Waals surface area contributed by atoms with Gasteiger partial charge in [-0.1, -0.05) is 84.0 Å². The Kier molecular flexibility index (Phi) is 19.0. The lowest BCUT2D eigenvalue weighted by Gasteiger charge is -2.41. The van der Waals surface area contributed by atoms with Crippen LogP contribution < -0.4 is 17.0 Å². The summed E-state index contributed by atoms with van der Waals surface area (Å²) in [5, 5.41) is 9.38. The zero-order valence-electron chi connectivity index (χ0n) is 17.8. The molecule has 1 fully saturated rings. The quantitative estimate of drug-likeness (QED) is 0.275. The van der Waals surface area contributed by atoms with Gasteiger partial charge in [0, 0.05) is 0 Å². The van der Waals surface area contributed by atoms with E-state index < -0.39 is 0 Å². The number of aliphatic hydroxyl groups is 1. The van der Waals surface area contributed by atoms with Crippen molar-refractivity contribution >= 4 is 0 Å². The van der Waals surface area contributed by atoms with E-state index >= 15 is 0 Å². The van der Waals surface area contributed by atoms with Gasteiger partial charge in [-0.25, -0.2) is 0 Å². The molecule has 3 heteroatoms. The molecule has 0 aromatic carbocycles. The van der Waals surface area contributed by atoms with Gasteiger partial charge in [0.05, 0.1) is 26.2 Å². The Bertz CT molecular complexity index is 274. The molecule has 0 amide bonds. The molecule has 1 aliphatic rings. The standard InChI is InChI=1S/C23H48NO.BrH/c1-2-3-4-5-6-7-8-9-10-11-12-13-14-16-19-24(22-23-25)20-17-15-18-21-24;/h25H,2-23H2,1H3;1H/q+1;/p-1. The van der Waals surface area contributed by atoms with Crippen LogP contribution in [0.4, 0.5) is 0 Å². The number of halogens is 1. The van der Waals surface area contributed by atoms with Gasteiger partial charge in [-0.05, 0) is 32.1 Å². The van der Waals surface area contributed by atoms with Crippen molar-refractivity contribution in [3.63, 3.8) is 0 Å². The summed E-state index contributed by atoms with van der Waals surface area (Å²) in [5.74, 6) is 0. The van der Waals surface area contributed by atoms with Gasteiger partial charge in [0.2, 0.25) is 0 Å². The first-order valence-electron chi connectivity index (χ1n) is 11.8. The first kappa shape index (κ1) is 26.4. The predicted octanol–water partition coefficient (Wildman–Crippen LogP) is 3.46. The van der Waals surface area contributed by atoms with Gasteiger partial charge < -0.3 is 26.6 Å². The number of unbranched alkanes of at least 4 members (excludes halogenated alkanes) is 13. The summed E-state index contributed by atoms with van der Waals surface area (Å²) in [6, 6.07) is 0. The van der Waals surface area contributed by atoms with Crippen molar-refractivity contribution in [3.8, 4) is 0 Å². The second-order valence-corrected chi connectivity index (χ2v) is 8.62. The average Bonchev–Trinajstić information content (AvgIpc) is 2.63.